The minimum Gasteiger partial charge on any atom is -0.504 e. The predicted octanol–water partition coefficient (Wildman–Crippen LogP) is 2.55. The topological polar surface area (TPSA) is 121 Å². The molecular weight excluding hydrogens is 394 g/mol. The summed E-state index contributed by atoms with van der Waals surface area (Å²) in [6, 6.07) is 11.4. The Morgan fingerprint density at radius 2 is 1.90 bits per heavy atom. The van der Waals surface area contributed by atoms with E-state index in [2.05, 4.69) is 9.97 Å². The zero-order valence-electron chi connectivity index (χ0n) is 15.4. The molecule has 4 rings (SSSR count). The van der Waals surface area contributed by atoms with Crippen molar-refractivity contribution < 1.29 is 23.4 Å². The van der Waals surface area contributed by atoms with E-state index in [4.69, 9.17) is 0 Å². The molecule has 9 heteroatoms. The number of carbonyl (C=O) groups is 1. The Bertz CT molecular complexity index is 1200. The normalized spacial score (nSPS) is 16.1. The third-order valence-electron chi connectivity index (χ3n) is 4.89. The molecule has 2 N–H and O–H groups in total. The van der Waals surface area contributed by atoms with Gasteiger partial charge in [0, 0.05) is 18.1 Å². The molecule has 8 nitrogen and oxygen atoms in total. The van der Waals surface area contributed by atoms with E-state index in [0.717, 1.165) is 15.4 Å². The van der Waals surface area contributed by atoms with Gasteiger partial charge in [-0.05, 0) is 36.5 Å². The van der Waals surface area contributed by atoms with Crippen LogP contribution in [-0.4, -0.2) is 46.9 Å². The number of benzene rings is 1. The first kappa shape index (κ1) is 19.1. The SMILES string of the molecule is O=C(O)c1nc(N2CCCCS2(=O)=O)c2cc(Cc3ccccc3)cnc2c1O. The number of carboxylic acids is 1. The molecular formula is C20H19N3O5S. The van der Waals surface area contributed by atoms with Crippen LogP contribution in [0.15, 0.2) is 42.6 Å². The number of aromatic hydroxyl groups is 1. The molecule has 1 saturated heterocycles. The van der Waals surface area contributed by atoms with E-state index >= 15 is 0 Å². The molecule has 1 aliphatic rings. The van der Waals surface area contributed by atoms with E-state index in [-0.39, 0.29) is 23.6 Å². The zero-order valence-corrected chi connectivity index (χ0v) is 16.3. The van der Waals surface area contributed by atoms with Crippen LogP contribution >= 0.6 is 0 Å². The van der Waals surface area contributed by atoms with Gasteiger partial charge in [-0.2, -0.15) is 0 Å². The van der Waals surface area contributed by atoms with E-state index in [1.54, 1.807) is 12.3 Å². The summed E-state index contributed by atoms with van der Waals surface area (Å²) >= 11 is 0. The highest BCUT2D eigenvalue weighted by atomic mass is 32.2. The molecule has 150 valence electrons. The minimum atomic E-state index is -3.63. The molecule has 1 aliphatic heterocycles. The largest absolute Gasteiger partial charge is 0.504 e. The smallest absolute Gasteiger partial charge is 0.358 e. The Morgan fingerprint density at radius 3 is 2.59 bits per heavy atom. The van der Waals surface area contributed by atoms with E-state index in [1.807, 2.05) is 30.3 Å². The van der Waals surface area contributed by atoms with Crippen molar-refractivity contribution in [1.29, 1.82) is 0 Å². The molecule has 0 radical (unpaired) electrons. The highest BCUT2D eigenvalue weighted by Gasteiger charge is 2.31. The standard InChI is InChI=1S/C20H19N3O5S/c24-18-16-15(11-14(12-21-16)10-13-6-2-1-3-7-13)19(22-17(18)20(25)26)23-8-4-5-9-29(23,27)28/h1-3,6-7,11-12,24H,4-5,8-10H2,(H,25,26). The number of pyridine rings is 2. The van der Waals surface area contributed by atoms with Gasteiger partial charge in [-0.3, -0.25) is 9.29 Å². The number of fused-ring (bicyclic) bond motifs is 1. The van der Waals surface area contributed by atoms with Crippen LogP contribution in [0, 0.1) is 0 Å². The quantitative estimate of drug-likeness (QED) is 0.674. The first-order chi connectivity index (χ1) is 13.9. The number of nitrogens with zero attached hydrogens (tertiary/aromatic N) is 3. The minimum absolute atomic E-state index is 0.00249. The lowest BCUT2D eigenvalue weighted by atomic mass is 10.0. The molecule has 29 heavy (non-hydrogen) atoms. The summed E-state index contributed by atoms with van der Waals surface area (Å²) in [5.74, 6) is -2.05. The Morgan fingerprint density at radius 1 is 1.14 bits per heavy atom. The van der Waals surface area contributed by atoms with E-state index in [1.165, 1.54) is 0 Å². The Labute approximate surface area is 167 Å². The van der Waals surface area contributed by atoms with Crippen molar-refractivity contribution in [2.24, 2.45) is 0 Å². The van der Waals surface area contributed by atoms with Gasteiger partial charge in [0.25, 0.3) is 0 Å². The van der Waals surface area contributed by atoms with Crippen molar-refractivity contribution in [1.82, 2.24) is 9.97 Å². The van der Waals surface area contributed by atoms with E-state index in [0.29, 0.717) is 24.6 Å². The average molecular weight is 413 g/mol. The van der Waals surface area contributed by atoms with Crippen LogP contribution in [0.4, 0.5) is 5.82 Å². The molecule has 3 aromatic rings. The molecule has 3 heterocycles. The van der Waals surface area contributed by atoms with Crippen LogP contribution in [0.2, 0.25) is 0 Å². The van der Waals surface area contributed by atoms with Gasteiger partial charge < -0.3 is 10.2 Å². The van der Waals surface area contributed by atoms with Gasteiger partial charge in [0.1, 0.15) is 5.52 Å². The van der Waals surface area contributed by atoms with E-state index in [9.17, 15) is 23.4 Å². The summed E-state index contributed by atoms with van der Waals surface area (Å²) in [4.78, 5) is 19.8. The van der Waals surface area contributed by atoms with Crippen molar-refractivity contribution in [3.63, 3.8) is 0 Å². The van der Waals surface area contributed by atoms with Gasteiger partial charge in [0.2, 0.25) is 10.0 Å². The number of aromatic carboxylic acids is 1. The fraction of sp³-hybridized carbons (Fsp3) is 0.250. The Balaban J connectivity index is 1.92. The average Bonchev–Trinajstić information content (AvgIpc) is 2.69. The highest BCUT2D eigenvalue weighted by Crippen LogP contribution is 2.35. The number of carboxylic acid groups (broad SMARTS) is 1. The molecule has 0 saturated carbocycles. The molecule has 0 unspecified atom stereocenters. The van der Waals surface area contributed by atoms with Crippen molar-refractivity contribution in [3.05, 3.63) is 59.4 Å². The lowest BCUT2D eigenvalue weighted by Crippen LogP contribution is -2.38. The summed E-state index contributed by atoms with van der Waals surface area (Å²) in [5, 5.41) is 20.1. The maximum absolute atomic E-state index is 12.6. The molecule has 0 atom stereocenters. The first-order valence-corrected chi connectivity index (χ1v) is 10.8. The third kappa shape index (κ3) is 3.61. The van der Waals surface area contributed by atoms with Crippen LogP contribution in [0.3, 0.4) is 0 Å². The molecule has 1 aromatic carbocycles. The van der Waals surface area contributed by atoms with Crippen LogP contribution in [0.5, 0.6) is 5.75 Å². The summed E-state index contributed by atoms with van der Waals surface area (Å²) < 4.78 is 26.4. The molecule has 0 spiro atoms. The number of sulfonamides is 1. The summed E-state index contributed by atoms with van der Waals surface area (Å²) in [6.07, 6.45) is 3.29. The van der Waals surface area contributed by atoms with Gasteiger partial charge in [-0.15, -0.1) is 0 Å². The Hall–Kier alpha value is -3.20. The lowest BCUT2D eigenvalue weighted by molar-refractivity contribution is 0.0687. The van der Waals surface area contributed by atoms with Gasteiger partial charge >= 0.3 is 5.97 Å². The van der Waals surface area contributed by atoms with Gasteiger partial charge in [0.15, 0.2) is 17.3 Å². The fourth-order valence-electron chi connectivity index (χ4n) is 3.49. The van der Waals surface area contributed by atoms with Crippen molar-refractivity contribution in [2.45, 2.75) is 19.3 Å². The number of hydrogen-bond donors (Lipinski definition) is 2. The molecule has 2 aromatic heterocycles. The van der Waals surface area contributed by atoms with Crippen molar-refractivity contribution >= 4 is 32.7 Å². The predicted molar refractivity (Wildman–Crippen MR) is 108 cm³/mol. The van der Waals surface area contributed by atoms with Gasteiger partial charge in [0.05, 0.1) is 5.75 Å². The van der Waals surface area contributed by atoms with Crippen LogP contribution in [-0.2, 0) is 16.4 Å². The maximum Gasteiger partial charge on any atom is 0.358 e. The molecule has 1 fully saturated rings. The summed E-state index contributed by atoms with van der Waals surface area (Å²) in [6.45, 7) is 0.206. The highest BCUT2D eigenvalue weighted by molar-refractivity contribution is 7.92. The van der Waals surface area contributed by atoms with Crippen LogP contribution < -0.4 is 4.31 Å². The van der Waals surface area contributed by atoms with Crippen molar-refractivity contribution in [2.75, 3.05) is 16.6 Å². The second-order valence-electron chi connectivity index (χ2n) is 6.94. The van der Waals surface area contributed by atoms with Crippen LogP contribution in [0.1, 0.15) is 34.5 Å². The third-order valence-corrected chi connectivity index (χ3v) is 6.72. The number of hydrogen-bond acceptors (Lipinski definition) is 6. The second-order valence-corrected chi connectivity index (χ2v) is 8.95. The summed E-state index contributed by atoms with van der Waals surface area (Å²) in [5.41, 5.74) is 1.24. The molecule has 0 bridgehead atoms. The number of anilines is 1. The number of aromatic nitrogens is 2. The maximum atomic E-state index is 12.6. The first-order valence-electron chi connectivity index (χ1n) is 9.16. The van der Waals surface area contributed by atoms with Crippen LogP contribution in [0.25, 0.3) is 10.9 Å². The Kier molecular flexibility index (Phi) is 4.83. The summed E-state index contributed by atoms with van der Waals surface area (Å²) in [7, 11) is -3.63. The monoisotopic (exact) mass is 413 g/mol. The zero-order chi connectivity index (χ0) is 20.6. The van der Waals surface area contributed by atoms with Crippen molar-refractivity contribution in [3.8, 4) is 5.75 Å². The van der Waals surface area contributed by atoms with Gasteiger partial charge in [-0.1, -0.05) is 30.3 Å². The van der Waals surface area contributed by atoms with E-state index < -0.39 is 27.4 Å². The number of rotatable bonds is 4. The molecule has 0 aliphatic carbocycles. The van der Waals surface area contributed by atoms with Gasteiger partial charge in [-0.25, -0.2) is 18.2 Å². The molecule has 0 amide bonds. The second kappa shape index (κ2) is 7.32. The lowest BCUT2D eigenvalue weighted by Gasteiger charge is -2.28. The fourth-order valence-corrected chi connectivity index (χ4v) is 5.09.